The van der Waals surface area contributed by atoms with Gasteiger partial charge in [-0.2, -0.15) is 0 Å². The number of amides is 2. The quantitative estimate of drug-likeness (QED) is 0.700. The highest BCUT2D eigenvalue weighted by molar-refractivity contribution is 7.90. The number of aromatic nitrogens is 1. The largest absolute Gasteiger partial charge is 0.361 e. The van der Waals surface area contributed by atoms with E-state index in [9.17, 15) is 18.0 Å². The molecule has 138 valence electrons. The summed E-state index contributed by atoms with van der Waals surface area (Å²) in [6, 6.07) is 13.8. The summed E-state index contributed by atoms with van der Waals surface area (Å²) in [7, 11) is -3.97. The van der Waals surface area contributed by atoms with Gasteiger partial charge in [0.25, 0.3) is 15.9 Å². The molecule has 3 aromatic rings. The Kier molecular flexibility index (Phi) is 4.19. The standard InChI is InChI=1S/C19H17N3O4S/c23-18(20-10-9-13-11-21-16-7-3-1-5-14(13)16)12-22-19(24)15-6-2-4-8-17(15)27(22,25)26/h1-8,11,21H,9-10,12H2,(H,20,23). The number of rotatable bonds is 5. The fourth-order valence-electron chi connectivity index (χ4n) is 3.25. The Labute approximate surface area is 156 Å². The van der Waals surface area contributed by atoms with Crippen molar-refractivity contribution in [2.45, 2.75) is 11.3 Å². The van der Waals surface area contributed by atoms with E-state index in [1.807, 2.05) is 30.5 Å². The van der Waals surface area contributed by atoms with Crippen LogP contribution < -0.4 is 5.32 Å². The number of hydrogen-bond donors (Lipinski definition) is 2. The van der Waals surface area contributed by atoms with Crippen LogP contribution in [0.1, 0.15) is 15.9 Å². The second kappa shape index (κ2) is 6.55. The molecule has 4 rings (SSSR count). The van der Waals surface area contributed by atoms with Crippen molar-refractivity contribution in [3.8, 4) is 0 Å². The number of aromatic amines is 1. The Morgan fingerprint density at radius 3 is 2.63 bits per heavy atom. The molecule has 0 saturated heterocycles. The normalized spacial score (nSPS) is 15.1. The zero-order valence-electron chi connectivity index (χ0n) is 14.3. The number of para-hydroxylation sites is 1. The average Bonchev–Trinajstić information content (AvgIpc) is 3.16. The van der Waals surface area contributed by atoms with Gasteiger partial charge in [-0.3, -0.25) is 9.59 Å². The number of sulfonamides is 1. The zero-order chi connectivity index (χ0) is 19.0. The molecule has 0 fully saturated rings. The molecule has 0 saturated carbocycles. The topological polar surface area (TPSA) is 99.3 Å². The highest BCUT2D eigenvalue weighted by atomic mass is 32.2. The summed E-state index contributed by atoms with van der Waals surface area (Å²) < 4.78 is 25.5. The van der Waals surface area contributed by atoms with Crippen LogP contribution in [-0.2, 0) is 21.2 Å². The molecular formula is C19H17N3O4S. The van der Waals surface area contributed by atoms with Crippen molar-refractivity contribution >= 4 is 32.7 Å². The van der Waals surface area contributed by atoms with E-state index in [4.69, 9.17) is 0 Å². The molecule has 0 atom stereocenters. The van der Waals surface area contributed by atoms with Crippen molar-refractivity contribution in [1.82, 2.24) is 14.6 Å². The number of carbonyl (C=O) groups excluding carboxylic acids is 2. The number of carbonyl (C=O) groups is 2. The molecular weight excluding hydrogens is 366 g/mol. The monoisotopic (exact) mass is 383 g/mol. The van der Waals surface area contributed by atoms with E-state index in [1.54, 1.807) is 12.1 Å². The van der Waals surface area contributed by atoms with E-state index in [2.05, 4.69) is 10.3 Å². The highest BCUT2D eigenvalue weighted by Crippen LogP contribution is 2.29. The lowest BCUT2D eigenvalue weighted by atomic mass is 10.1. The van der Waals surface area contributed by atoms with Crippen molar-refractivity contribution in [3.63, 3.8) is 0 Å². The molecule has 0 spiro atoms. The summed E-state index contributed by atoms with van der Waals surface area (Å²) in [5.74, 6) is -1.18. The van der Waals surface area contributed by atoms with Gasteiger partial charge in [-0.15, -0.1) is 0 Å². The number of benzene rings is 2. The maximum absolute atomic E-state index is 12.5. The van der Waals surface area contributed by atoms with Crippen LogP contribution in [-0.4, -0.2) is 42.6 Å². The Morgan fingerprint density at radius 1 is 1.07 bits per heavy atom. The summed E-state index contributed by atoms with van der Waals surface area (Å²) in [4.78, 5) is 27.6. The van der Waals surface area contributed by atoms with Gasteiger partial charge >= 0.3 is 0 Å². The molecule has 2 amide bonds. The van der Waals surface area contributed by atoms with Gasteiger partial charge in [-0.25, -0.2) is 12.7 Å². The Morgan fingerprint density at radius 2 is 1.81 bits per heavy atom. The SMILES string of the molecule is O=C(CN1C(=O)c2ccccc2S1(=O)=O)NCCc1c[nH]c2ccccc12. The van der Waals surface area contributed by atoms with Crippen molar-refractivity contribution in [2.75, 3.05) is 13.1 Å². The van der Waals surface area contributed by atoms with Gasteiger partial charge in [0.15, 0.2) is 0 Å². The fraction of sp³-hybridized carbons (Fsp3) is 0.158. The van der Waals surface area contributed by atoms with Gasteiger partial charge in [-0.1, -0.05) is 30.3 Å². The van der Waals surface area contributed by atoms with Crippen LogP contribution in [0.4, 0.5) is 0 Å². The van der Waals surface area contributed by atoms with Crippen LogP contribution >= 0.6 is 0 Å². The van der Waals surface area contributed by atoms with Crippen molar-refractivity contribution in [2.24, 2.45) is 0 Å². The third-order valence-corrected chi connectivity index (χ3v) is 6.38. The highest BCUT2D eigenvalue weighted by Gasteiger charge is 2.41. The Hall–Kier alpha value is -3.13. The first-order valence-electron chi connectivity index (χ1n) is 8.46. The lowest BCUT2D eigenvalue weighted by Gasteiger charge is -2.14. The molecule has 2 aromatic carbocycles. The summed E-state index contributed by atoms with van der Waals surface area (Å²) in [6.07, 6.45) is 2.48. The summed E-state index contributed by atoms with van der Waals surface area (Å²) in [5, 5.41) is 3.77. The van der Waals surface area contributed by atoms with E-state index in [-0.39, 0.29) is 10.5 Å². The lowest BCUT2D eigenvalue weighted by Crippen LogP contribution is -2.40. The minimum Gasteiger partial charge on any atom is -0.361 e. The second-order valence-electron chi connectivity index (χ2n) is 6.27. The molecule has 1 aromatic heterocycles. The molecule has 1 aliphatic rings. The molecule has 0 aliphatic carbocycles. The van der Waals surface area contributed by atoms with Gasteiger partial charge in [0.2, 0.25) is 5.91 Å². The maximum atomic E-state index is 12.5. The molecule has 7 nitrogen and oxygen atoms in total. The van der Waals surface area contributed by atoms with E-state index in [0.717, 1.165) is 16.5 Å². The fourth-order valence-corrected chi connectivity index (χ4v) is 4.77. The van der Waals surface area contributed by atoms with Gasteiger partial charge in [-0.05, 0) is 30.2 Å². The molecule has 8 heteroatoms. The third kappa shape index (κ3) is 2.97. The molecule has 27 heavy (non-hydrogen) atoms. The summed E-state index contributed by atoms with van der Waals surface area (Å²) in [5.41, 5.74) is 2.18. The Balaban J connectivity index is 1.40. The van der Waals surface area contributed by atoms with Crippen LogP contribution in [0.2, 0.25) is 0 Å². The minimum absolute atomic E-state index is 0.0541. The van der Waals surface area contributed by atoms with Crippen LogP contribution in [0, 0.1) is 0 Å². The molecule has 0 radical (unpaired) electrons. The summed E-state index contributed by atoms with van der Waals surface area (Å²) >= 11 is 0. The van der Waals surface area contributed by atoms with E-state index in [0.29, 0.717) is 17.3 Å². The number of hydrogen-bond acceptors (Lipinski definition) is 4. The van der Waals surface area contributed by atoms with E-state index < -0.39 is 28.4 Å². The Bertz CT molecular complexity index is 1150. The number of H-pyrrole nitrogens is 1. The van der Waals surface area contributed by atoms with Crippen molar-refractivity contribution < 1.29 is 18.0 Å². The summed E-state index contributed by atoms with van der Waals surface area (Å²) in [6.45, 7) is -0.181. The van der Waals surface area contributed by atoms with E-state index >= 15 is 0 Å². The second-order valence-corrected chi connectivity index (χ2v) is 8.10. The third-order valence-electron chi connectivity index (χ3n) is 4.59. The first-order valence-corrected chi connectivity index (χ1v) is 9.90. The maximum Gasteiger partial charge on any atom is 0.269 e. The van der Waals surface area contributed by atoms with Crippen molar-refractivity contribution in [1.29, 1.82) is 0 Å². The predicted molar refractivity (Wildman–Crippen MR) is 99.7 cm³/mol. The van der Waals surface area contributed by atoms with Crippen LogP contribution in [0.25, 0.3) is 10.9 Å². The molecule has 0 unspecified atom stereocenters. The van der Waals surface area contributed by atoms with Gasteiger partial charge in [0.05, 0.1) is 5.56 Å². The number of fused-ring (bicyclic) bond motifs is 2. The van der Waals surface area contributed by atoms with Crippen molar-refractivity contribution in [3.05, 3.63) is 65.9 Å². The zero-order valence-corrected chi connectivity index (χ0v) is 15.1. The number of nitrogens with one attached hydrogen (secondary N) is 2. The van der Waals surface area contributed by atoms with Crippen LogP contribution in [0.5, 0.6) is 0 Å². The molecule has 2 heterocycles. The first kappa shape index (κ1) is 17.3. The first-order chi connectivity index (χ1) is 13.0. The average molecular weight is 383 g/mol. The van der Waals surface area contributed by atoms with Gasteiger partial charge in [0, 0.05) is 23.6 Å². The van der Waals surface area contributed by atoms with Gasteiger partial charge in [0.1, 0.15) is 11.4 Å². The van der Waals surface area contributed by atoms with Crippen LogP contribution in [0.15, 0.2) is 59.6 Å². The number of nitrogens with zero attached hydrogens (tertiary/aromatic N) is 1. The lowest BCUT2D eigenvalue weighted by molar-refractivity contribution is -0.121. The van der Waals surface area contributed by atoms with Crippen LogP contribution in [0.3, 0.4) is 0 Å². The smallest absolute Gasteiger partial charge is 0.269 e. The molecule has 2 N–H and O–H groups in total. The molecule has 0 bridgehead atoms. The minimum atomic E-state index is -3.97. The van der Waals surface area contributed by atoms with Gasteiger partial charge < -0.3 is 10.3 Å². The van der Waals surface area contributed by atoms with E-state index in [1.165, 1.54) is 12.1 Å². The predicted octanol–water partition coefficient (Wildman–Crippen LogP) is 1.67. The molecule has 1 aliphatic heterocycles.